The summed E-state index contributed by atoms with van der Waals surface area (Å²) in [6.07, 6.45) is -3.44. The zero-order valence-electron chi connectivity index (χ0n) is 14.4. The monoisotopic (exact) mass is 373 g/mol. The van der Waals surface area contributed by atoms with Gasteiger partial charge in [-0.1, -0.05) is 12.1 Å². The molecule has 1 aliphatic heterocycles. The van der Waals surface area contributed by atoms with Crippen molar-refractivity contribution in [3.63, 3.8) is 0 Å². The van der Waals surface area contributed by atoms with Crippen LogP contribution in [0, 0.1) is 6.92 Å². The third kappa shape index (κ3) is 2.98. The Morgan fingerprint density at radius 1 is 1.33 bits per heavy atom. The molecule has 0 aliphatic carbocycles. The van der Waals surface area contributed by atoms with Crippen LogP contribution in [0.2, 0.25) is 0 Å². The number of aliphatic hydroxyl groups excluding tert-OH is 3. The van der Waals surface area contributed by atoms with E-state index in [1.807, 2.05) is 31.2 Å². The Morgan fingerprint density at radius 3 is 2.85 bits per heavy atom. The number of aromatic amines is 1. The number of rotatable bonds is 4. The number of fused-ring (bicyclic) bond motifs is 1. The predicted molar refractivity (Wildman–Crippen MR) is 95.6 cm³/mol. The lowest BCUT2D eigenvalue weighted by atomic mass is 10.1. The minimum absolute atomic E-state index is 0.0605. The number of anilines is 2. The molecule has 4 rings (SSSR count). The standard InChI is InChI=1S/C17H19N5O5/c1-8-3-2-4-9(5-8)20-17-21-11-14(18-7-19-15(11)26)22(17)16-13(25)12(24)10(6-23)27-16/h2-5,7,10,12-13,16,23-25H,6H2,1H3,(H,20,21)(H,18,19,26). The lowest BCUT2D eigenvalue weighted by molar-refractivity contribution is -0.0501. The van der Waals surface area contributed by atoms with Crippen LogP contribution in [0.25, 0.3) is 11.2 Å². The second-order valence-electron chi connectivity index (χ2n) is 6.43. The van der Waals surface area contributed by atoms with Gasteiger partial charge in [0.1, 0.15) is 18.3 Å². The SMILES string of the molecule is Cc1cccc(Nc2nc3c(=O)[nH]cnc3n2C2OC(CO)C(O)C2O)c1. The van der Waals surface area contributed by atoms with E-state index in [0.717, 1.165) is 11.3 Å². The Balaban J connectivity index is 1.85. The summed E-state index contributed by atoms with van der Waals surface area (Å²) < 4.78 is 7.02. The van der Waals surface area contributed by atoms with E-state index in [9.17, 15) is 20.1 Å². The number of aromatic nitrogens is 4. The molecular weight excluding hydrogens is 354 g/mol. The summed E-state index contributed by atoms with van der Waals surface area (Å²) >= 11 is 0. The maximum Gasteiger partial charge on any atom is 0.278 e. The summed E-state index contributed by atoms with van der Waals surface area (Å²) in [6.45, 7) is 1.47. The molecule has 5 N–H and O–H groups in total. The van der Waals surface area contributed by atoms with Crippen molar-refractivity contribution in [2.45, 2.75) is 31.5 Å². The molecule has 27 heavy (non-hydrogen) atoms. The van der Waals surface area contributed by atoms with Gasteiger partial charge in [0.15, 0.2) is 17.4 Å². The molecule has 4 atom stereocenters. The van der Waals surface area contributed by atoms with Crippen LogP contribution in [0.3, 0.4) is 0 Å². The summed E-state index contributed by atoms with van der Waals surface area (Å²) in [6, 6.07) is 7.51. The number of hydrogen-bond acceptors (Lipinski definition) is 8. The van der Waals surface area contributed by atoms with E-state index in [-0.39, 0.29) is 17.1 Å². The maximum absolute atomic E-state index is 12.1. The molecule has 1 aromatic carbocycles. The first-order valence-corrected chi connectivity index (χ1v) is 8.41. The van der Waals surface area contributed by atoms with Gasteiger partial charge >= 0.3 is 0 Å². The molecule has 4 unspecified atom stereocenters. The third-order valence-electron chi connectivity index (χ3n) is 4.53. The predicted octanol–water partition coefficient (Wildman–Crippen LogP) is -0.217. The Bertz CT molecular complexity index is 1030. The van der Waals surface area contributed by atoms with E-state index in [1.165, 1.54) is 10.9 Å². The number of nitrogens with one attached hydrogen (secondary N) is 2. The van der Waals surface area contributed by atoms with E-state index >= 15 is 0 Å². The van der Waals surface area contributed by atoms with Crippen LogP contribution in [0.5, 0.6) is 0 Å². The van der Waals surface area contributed by atoms with Crippen LogP contribution in [0.4, 0.5) is 11.6 Å². The third-order valence-corrected chi connectivity index (χ3v) is 4.53. The number of imidazole rings is 1. The lowest BCUT2D eigenvalue weighted by Crippen LogP contribution is -2.33. The molecule has 1 aliphatic rings. The Morgan fingerprint density at radius 2 is 2.15 bits per heavy atom. The molecule has 10 nitrogen and oxygen atoms in total. The van der Waals surface area contributed by atoms with Crippen LogP contribution >= 0.6 is 0 Å². The number of benzene rings is 1. The van der Waals surface area contributed by atoms with Gasteiger partial charge in [-0.3, -0.25) is 9.36 Å². The first-order valence-electron chi connectivity index (χ1n) is 8.41. The van der Waals surface area contributed by atoms with Gasteiger partial charge in [-0.05, 0) is 24.6 Å². The van der Waals surface area contributed by atoms with Crippen molar-refractivity contribution in [3.8, 4) is 0 Å². The molecule has 1 saturated heterocycles. The van der Waals surface area contributed by atoms with Crippen LogP contribution in [-0.4, -0.2) is 59.8 Å². The zero-order valence-corrected chi connectivity index (χ0v) is 14.4. The normalized spacial score (nSPS) is 25.2. The van der Waals surface area contributed by atoms with E-state index in [4.69, 9.17) is 4.74 Å². The first kappa shape index (κ1) is 17.6. The number of ether oxygens (including phenoxy) is 1. The van der Waals surface area contributed by atoms with Crippen molar-refractivity contribution in [1.29, 1.82) is 0 Å². The summed E-state index contributed by atoms with van der Waals surface area (Å²) in [5.74, 6) is 0.217. The molecule has 10 heteroatoms. The highest BCUT2D eigenvalue weighted by Gasteiger charge is 2.45. The number of nitrogens with zero attached hydrogens (tertiary/aromatic N) is 3. The number of aliphatic hydroxyl groups is 3. The van der Waals surface area contributed by atoms with Crippen molar-refractivity contribution in [2.24, 2.45) is 0 Å². The summed E-state index contributed by atoms with van der Waals surface area (Å²) in [5.41, 5.74) is 1.54. The maximum atomic E-state index is 12.1. The van der Waals surface area contributed by atoms with Gasteiger partial charge in [0.05, 0.1) is 12.9 Å². The van der Waals surface area contributed by atoms with Crippen molar-refractivity contribution < 1.29 is 20.1 Å². The van der Waals surface area contributed by atoms with E-state index < -0.39 is 36.7 Å². The molecule has 0 amide bonds. The highest BCUT2D eigenvalue weighted by Crippen LogP contribution is 2.34. The van der Waals surface area contributed by atoms with E-state index in [1.54, 1.807) is 0 Å². The fourth-order valence-corrected chi connectivity index (χ4v) is 3.19. The summed E-state index contributed by atoms with van der Waals surface area (Å²) in [4.78, 5) is 23.0. The highest BCUT2D eigenvalue weighted by atomic mass is 16.6. The molecule has 0 spiro atoms. The summed E-state index contributed by atoms with van der Waals surface area (Å²) in [5, 5.41) is 33.0. The van der Waals surface area contributed by atoms with Gasteiger partial charge in [-0.2, -0.15) is 0 Å². The molecule has 0 saturated carbocycles. The fourth-order valence-electron chi connectivity index (χ4n) is 3.19. The Kier molecular flexibility index (Phi) is 4.40. The minimum Gasteiger partial charge on any atom is -0.394 e. The average molecular weight is 373 g/mol. The molecule has 2 aromatic heterocycles. The minimum atomic E-state index is -1.33. The van der Waals surface area contributed by atoms with Crippen LogP contribution in [0.1, 0.15) is 11.8 Å². The second-order valence-corrected chi connectivity index (χ2v) is 6.43. The average Bonchev–Trinajstić information content (AvgIpc) is 3.14. The highest BCUT2D eigenvalue weighted by molar-refractivity contribution is 5.75. The Hall–Kier alpha value is -2.79. The fraction of sp³-hybridized carbons (Fsp3) is 0.353. The van der Waals surface area contributed by atoms with Crippen LogP contribution < -0.4 is 10.9 Å². The van der Waals surface area contributed by atoms with Gasteiger partial charge in [0, 0.05) is 5.69 Å². The molecule has 1 fully saturated rings. The quantitative estimate of drug-likeness (QED) is 0.422. The van der Waals surface area contributed by atoms with Crippen molar-refractivity contribution >= 4 is 22.8 Å². The molecule has 0 radical (unpaired) electrons. The number of aryl methyl sites for hydroxylation is 1. The smallest absolute Gasteiger partial charge is 0.278 e. The van der Waals surface area contributed by atoms with Gasteiger partial charge in [-0.15, -0.1) is 0 Å². The topological polar surface area (TPSA) is 146 Å². The zero-order chi connectivity index (χ0) is 19.1. The largest absolute Gasteiger partial charge is 0.394 e. The molecule has 142 valence electrons. The van der Waals surface area contributed by atoms with Crippen molar-refractivity contribution in [3.05, 3.63) is 46.5 Å². The van der Waals surface area contributed by atoms with Gasteiger partial charge in [0.2, 0.25) is 5.95 Å². The van der Waals surface area contributed by atoms with E-state index in [2.05, 4.69) is 20.3 Å². The van der Waals surface area contributed by atoms with Crippen molar-refractivity contribution in [2.75, 3.05) is 11.9 Å². The van der Waals surface area contributed by atoms with Crippen molar-refractivity contribution in [1.82, 2.24) is 19.5 Å². The van der Waals surface area contributed by atoms with Gasteiger partial charge in [0.25, 0.3) is 5.56 Å². The van der Waals surface area contributed by atoms with Crippen LogP contribution in [-0.2, 0) is 4.74 Å². The lowest BCUT2D eigenvalue weighted by Gasteiger charge is -2.19. The van der Waals surface area contributed by atoms with E-state index in [0.29, 0.717) is 0 Å². The summed E-state index contributed by atoms with van der Waals surface area (Å²) in [7, 11) is 0. The number of H-pyrrole nitrogens is 1. The molecule has 3 aromatic rings. The molecule has 3 heterocycles. The second kappa shape index (κ2) is 6.74. The molecular formula is C17H19N5O5. The first-order chi connectivity index (χ1) is 13.0. The number of hydrogen-bond donors (Lipinski definition) is 5. The van der Waals surface area contributed by atoms with Gasteiger partial charge < -0.3 is 30.4 Å². The van der Waals surface area contributed by atoms with Gasteiger partial charge in [-0.25, -0.2) is 9.97 Å². The molecule has 0 bridgehead atoms. The van der Waals surface area contributed by atoms with Crippen LogP contribution in [0.15, 0.2) is 35.4 Å². The Labute approximate surface area is 153 Å².